The van der Waals surface area contributed by atoms with E-state index in [1.807, 2.05) is 19.1 Å². The minimum absolute atomic E-state index is 0.509. The predicted octanol–water partition coefficient (Wildman–Crippen LogP) is 1.62. The Morgan fingerprint density at radius 2 is 2.40 bits per heavy atom. The summed E-state index contributed by atoms with van der Waals surface area (Å²) in [6.07, 6.45) is 5.92. The number of hydrogen-bond acceptors (Lipinski definition) is 2. The monoisotopic (exact) mass is 154 g/mol. The lowest BCUT2D eigenvalue weighted by Crippen LogP contribution is -2.20. The van der Waals surface area contributed by atoms with Gasteiger partial charge in [-0.25, -0.2) is 0 Å². The number of aliphatic hydroxyl groups excluding tert-OH is 1. The molecule has 0 bridgehead atoms. The minimum Gasteiger partial charge on any atom is -0.383 e. The van der Waals surface area contributed by atoms with Crippen LogP contribution in [0.15, 0.2) is 23.8 Å². The first-order valence-electron chi connectivity index (χ1n) is 3.34. The number of thiocarbonyl (C=S) groups is 1. The highest BCUT2D eigenvalue weighted by atomic mass is 32.1. The average Bonchev–Trinajstić information content (AvgIpc) is 1.95. The van der Waals surface area contributed by atoms with Crippen molar-refractivity contribution in [3.63, 3.8) is 0 Å². The van der Waals surface area contributed by atoms with Crippen LogP contribution >= 0.6 is 12.2 Å². The van der Waals surface area contributed by atoms with Gasteiger partial charge in [-0.3, -0.25) is 0 Å². The maximum Gasteiger partial charge on any atom is 0.110 e. The second-order valence-corrected chi connectivity index (χ2v) is 2.73. The van der Waals surface area contributed by atoms with E-state index in [9.17, 15) is 5.11 Å². The molecule has 1 nitrogen and oxygen atoms in total. The molecule has 1 N–H and O–H groups in total. The molecular formula is C8H10OS. The molecule has 0 saturated carbocycles. The van der Waals surface area contributed by atoms with Crippen molar-refractivity contribution >= 4 is 17.1 Å². The van der Waals surface area contributed by atoms with E-state index in [-0.39, 0.29) is 0 Å². The van der Waals surface area contributed by atoms with Gasteiger partial charge in [0.2, 0.25) is 0 Å². The zero-order valence-corrected chi connectivity index (χ0v) is 6.69. The van der Waals surface area contributed by atoms with E-state index >= 15 is 0 Å². The number of hydrogen-bond donors (Lipinski definition) is 1. The molecule has 1 aliphatic carbocycles. The first-order valence-corrected chi connectivity index (χ1v) is 3.75. The van der Waals surface area contributed by atoms with Crippen LogP contribution < -0.4 is 0 Å². The molecule has 0 aliphatic heterocycles. The molecule has 0 saturated heterocycles. The van der Waals surface area contributed by atoms with Gasteiger partial charge in [-0.1, -0.05) is 31.3 Å². The van der Waals surface area contributed by atoms with E-state index in [2.05, 4.69) is 0 Å². The Balaban J connectivity index is 2.81. The lowest BCUT2D eigenvalue weighted by molar-refractivity contribution is 0.276. The molecule has 0 aromatic rings. The molecule has 1 aliphatic rings. The summed E-state index contributed by atoms with van der Waals surface area (Å²) in [7, 11) is 0. The van der Waals surface area contributed by atoms with Gasteiger partial charge < -0.3 is 5.11 Å². The molecule has 0 heterocycles. The molecule has 54 valence electrons. The molecule has 0 aromatic carbocycles. The van der Waals surface area contributed by atoms with Crippen LogP contribution in [0.1, 0.15) is 13.3 Å². The van der Waals surface area contributed by atoms with E-state index in [0.29, 0.717) is 4.86 Å². The van der Waals surface area contributed by atoms with Gasteiger partial charge in [0.15, 0.2) is 0 Å². The van der Waals surface area contributed by atoms with Crippen LogP contribution in [-0.2, 0) is 0 Å². The summed E-state index contributed by atoms with van der Waals surface area (Å²) in [5.41, 5.74) is 1.01. The minimum atomic E-state index is -0.509. The summed E-state index contributed by atoms with van der Waals surface area (Å²) in [4.78, 5) is 0.624. The van der Waals surface area contributed by atoms with Crippen molar-refractivity contribution in [2.45, 2.75) is 19.4 Å². The summed E-state index contributed by atoms with van der Waals surface area (Å²) < 4.78 is 0. The molecule has 0 radical (unpaired) electrons. The van der Waals surface area contributed by atoms with Crippen molar-refractivity contribution in [2.24, 2.45) is 0 Å². The van der Waals surface area contributed by atoms with E-state index in [1.165, 1.54) is 0 Å². The highest BCUT2D eigenvalue weighted by Crippen LogP contribution is 2.13. The van der Waals surface area contributed by atoms with Gasteiger partial charge in [-0.2, -0.15) is 0 Å². The fraction of sp³-hybridized carbons (Fsp3) is 0.375. The van der Waals surface area contributed by atoms with Gasteiger partial charge in [0, 0.05) is 4.86 Å². The van der Waals surface area contributed by atoms with Crippen LogP contribution in [0.4, 0.5) is 0 Å². The molecule has 1 rings (SSSR count). The third kappa shape index (κ3) is 1.33. The lowest BCUT2D eigenvalue weighted by Gasteiger charge is -2.14. The molecule has 0 fully saturated rings. The van der Waals surface area contributed by atoms with Crippen molar-refractivity contribution in [3.8, 4) is 0 Å². The van der Waals surface area contributed by atoms with Crippen LogP contribution in [0.5, 0.6) is 0 Å². The van der Waals surface area contributed by atoms with Crippen LogP contribution in [0, 0.1) is 0 Å². The first-order chi connectivity index (χ1) is 4.75. The van der Waals surface area contributed by atoms with E-state index in [0.717, 1.165) is 12.0 Å². The molecule has 10 heavy (non-hydrogen) atoms. The van der Waals surface area contributed by atoms with E-state index in [4.69, 9.17) is 12.2 Å². The smallest absolute Gasteiger partial charge is 0.110 e. The standard InChI is InChI=1S/C8H10OS/c1-2-6-4-3-5-7(10)8(6)9/h3-5,8-9H,2H2,1H3. The van der Waals surface area contributed by atoms with Crippen molar-refractivity contribution in [2.75, 3.05) is 0 Å². The van der Waals surface area contributed by atoms with Crippen LogP contribution in [-0.4, -0.2) is 16.1 Å². The van der Waals surface area contributed by atoms with Crippen molar-refractivity contribution in [3.05, 3.63) is 23.8 Å². The van der Waals surface area contributed by atoms with E-state index < -0.39 is 6.10 Å². The van der Waals surface area contributed by atoms with Crippen molar-refractivity contribution < 1.29 is 5.11 Å². The number of allylic oxidation sites excluding steroid dienone is 2. The quantitative estimate of drug-likeness (QED) is 0.579. The average molecular weight is 154 g/mol. The molecule has 2 heteroatoms. The summed E-state index contributed by atoms with van der Waals surface area (Å²) >= 11 is 4.89. The summed E-state index contributed by atoms with van der Waals surface area (Å²) in [6.45, 7) is 2.01. The molecule has 1 atom stereocenters. The number of rotatable bonds is 1. The van der Waals surface area contributed by atoms with Crippen LogP contribution in [0.3, 0.4) is 0 Å². The Hall–Kier alpha value is -0.470. The second kappa shape index (κ2) is 3.08. The Kier molecular flexibility index (Phi) is 2.35. The second-order valence-electron chi connectivity index (χ2n) is 2.26. The van der Waals surface area contributed by atoms with Crippen molar-refractivity contribution in [1.82, 2.24) is 0 Å². The Morgan fingerprint density at radius 1 is 1.70 bits per heavy atom. The molecular weight excluding hydrogens is 144 g/mol. The van der Waals surface area contributed by atoms with E-state index in [1.54, 1.807) is 6.08 Å². The van der Waals surface area contributed by atoms with Gasteiger partial charge in [-0.05, 0) is 18.1 Å². The summed E-state index contributed by atoms with van der Waals surface area (Å²) in [6, 6.07) is 0. The summed E-state index contributed by atoms with van der Waals surface area (Å²) in [5.74, 6) is 0. The van der Waals surface area contributed by atoms with Crippen molar-refractivity contribution in [1.29, 1.82) is 0 Å². The third-order valence-electron chi connectivity index (χ3n) is 1.60. The Morgan fingerprint density at radius 3 is 2.90 bits per heavy atom. The SMILES string of the molecule is CCC1=CC=CC(=S)C1O. The molecule has 0 amide bonds. The van der Waals surface area contributed by atoms with Gasteiger partial charge in [0.25, 0.3) is 0 Å². The molecule has 1 unspecified atom stereocenters. The molecule has 0 aromatic heterocycles. The maximum atomic E-state index is 9.38. The largest absolute Gasteiger partial charge is 0.383 e. The fourth-order valence-electron chi connectivity index (χ4n) is 0.943. The Labute approximate surface area is 66.1 Å². The normalized spacial score (nSPS) is 24.8. The zero-order chi connectivity index (χ0) is 7.56. The topological polar surface area (TPSA) is 20.2 Å². The van der Waals surface area contributed by atoms with Crippen LogP contribution in [0.2, 0.25) is 0 Å². The van der Waals surface area contributed by atoms with Crippen LogP contribution in [0.25, 0.3) is 0 Å². The first kappa shape index (κ1) is 7.63. The third-order valence-corrected chi connectivity index (χ3v) is 1.96. The van der Waals surface area contributed by atoms with Gasteiger partial charge >= 0.3 is 0 Å². The molecule has 0 spiro atoms. The lowest BCUT2D eigenvalue weighted by atomic mass is 10.00. The maximum absolute atomic E-state index is 9.38. The summed E-state index contributed by atoms with van der Waals surface area (Å²) in [5, 5.41) is 9.38. The van der Waals surface area contributed by atoms with Gasteiger partial charge in [-0.15, -0.1) is 0 Å². The predicted molar refractivity (Wildman–Crippen MR) is 46.1 cm³/mol. The fourth-order valence-corrected chi connectivity index (χ4v) is 1.17. The van der Waals surface area contributed by atoms with Gasteiger partial charge in [0.05, 0.1) is 0 Å². The zero-order valence-electron chi connectivity index (χ0n) is 5.87. The highest BCUT2D eigenvalue weighted by molar-refractivity contribution is 7.80. The highest BCUT2D eigenvalue weighted by Gasteiger charge is 2.13. The number of aliphatic hydroxyl groups is 1. The Bertz CT molecular complexity index is 203. The van der Waals surface area contributed by atoms with Gasteiger partial charge in [0.1, 0.15) is 6.10 Å².